The van der Waals surface area contributed by atoms with E-state index in [0.717, 1.165) is 0 Å². The van der Waals surface area contributed by atoms with Crippen molar-refractivity contribution in [3.05, 3.63) is 60.4 Å². The van der Waals surface area contributed by atoms with Crippen LogP contribution in [0.3, 0.4) is 0 Å². The molecule has 0 aliphatic rings. The van der Waals surface area contributed by atoms with Crippen LogP contribution in [-0.4, -0.2) is 12.0 Å². The van der Waals surface area contributed by atoms with Crippen molar-refractivity contribution in [2.45, 2.75) is 19.4 Å². The Hall–Kier alpha value is -2.36. The Morgan fingerprint density at radius 3 is 2.40 bits per heavy atom. The molecule has 2 aromatic rings. The monoisotopic (exact) mass is 273 g/mol. The van der Waals surface area contributed by atoms with Crippen molar-refractivity contribution in [1.82, 2.24) is 0 Å². The third-order valence-electron chi connectivity index (χ3n) is 2.80. The molecule has 20 heavy (non-hydrogen) atoms. The molecule has 4 heteroatoms. The number of para-hydroxylation sites is 1. The van der Waals surface area contributed by atoms with E-state index >= 15 is 0 Å². The van der Waals surface area contributed by atoms with Gasteiger partial charge in [-0.2, -0.15) is 0 Å². The number of carbonyl (C=O) groups excluding carboxylic acids is 1. The van der Waals surface area contributed by atoms with Crippen molar-refractivity contribution >= 4 is 11.6 Å². The van der Waals surface area contributed by atoms with Gasteiger partial charge in [0.1, 0.15) is 11.6 Å². The van der Waals surface area contributed by atoms with Crippen LogP contribution in [0.5, 0.6) is 5.75 Å². The summed E-state index contributed by atoms with van der Waals surface area (Å²) in [6.07, 6.45) is -0.0375. The largest absolute Gasteiger partial charge is 0.481 e. The number of benzene rings is 2. The molecule has 0 aliphatic heterocycles. The number of anilines is 1. The molecule has 0 radical (unpaired) electrons. The first-order valence-electron chi connectivity index (χ1n) is 6.47. The molecule has 0 unspecified atom stereocenters. The summed E-state index contributed by atoms with van der Waals surface area (Å²) in [7, 11) is 0. The van der Waals surface area contributed by atoms with E-state index in [2.05, 4.69) is 5.32 Å². The lowest BCUT2D eigenvalue weighted by Crippen LogP contribution is -2.32. The summed E-state index contributed by atoms with van der Waals surface area (Å²) >= 11 is 0. The molecule has 0 saturated carbocycles. The second-order valence-corrected chi connectivity index (χ2v) is 4.32. The fourth-order valence-corrected chi connectivity index (χ4v) is 1.74. The molecule has 0 heterocycles. The summed E-state index contributed by atoms with van der Waals surface area (Å²) in [5.74, 6) is 0.0622. The highest BCUT2D eigenvalue weighted by atomic mass is 19.1. The van der Waals surface area contributed by atoms with Crippen LogP contribution >= 0.6 is 0 Å². The third-order valence-corrected chi connectivity index (χ3v) is 2.80. The summed E-state index contributed by atoms with van der Waals surface area (Å²) in [6.45, 7) is 1.87. The number of hydrogen-bond donors (Lipinski definition) is 1. The number of nitrogens with one attached hydrogen (secondary N) is 1. The first-order valence-corrected chi connectivity index (χ1v) is 6.47. The fraction of sp³-hybridized carbons (Fsp3) is 0.188. The molecular weight excluding hydrogens is 257 g/mol. The van der Waals surface area contributed by atoms with E-state index in [0.29, 0.717) is 17.9 Å². The first kappa shape index (κ1) is 14.1. The minimum atomic E-state index is -0.581. The molecule has 0 aliphatic carbocycles. The predicted molar refractivity (Wildman–Crippen MR) is 76.2 cm³/mol. The number of ether oxygens (including phenoxy) is 1. The zero-order chi connectivity index (χ0) is 14.4. The Balaban J connectivity index is 2.00. The molecule has 0 saturated heterocycles. The number of amides is 1. The van der Waals surface area contributed by atoms with E-state index in [-0.39, 0.29) is 11.7 Å². The summed E-state index contributed by atoms with van der Waals surface area (Å²) in [4.78, 5) is 12.1. The van der Waals surface area contributed by atoms with Gasteiger partial charge in [-0.3, -0.25) is 4.79 Å². The van der Waals surface area contributed by atoms with Crippen molar-refractivity contribution in [1.29, 1.82) is 0 Å². The van der Waals surface area contributed by atoms with Crippen LogP contribution in [0.1, 0.15) is 13.3 Å². The standard InChI is InChI=1S/C16H16FNO2/c1-2-15(20-14-6-4-3-5-7-14)16(19)18-13-10-8-12(17)9-11-13/h3-11,15H,2H2,1H3,(H,18,19)/t15-/m0/s1. The summed E-state index contributed by atoms with van der Waals surface area (Å²) in [5.41, 5.74) is 0.548. The second-order valence-electron chi connectivity index (χ2n) is 4.32. The van der Waals surface area contributed by atoms with Gasteiger partial charge in [-0.05, 0) is 42.8 Å². The van der Waals surface area contributed by atoms with E-state index < -0.39 is 6.10 Å². The first-order chi connectivity index (χ1) is 9.69. The normalized spacial score (nSPS) is 11.7. The van der Waals surface area contributed by atoms with E-state index in [1.165, 1.54) is 24.3 Å². The van der Waals surface area contributed by atoms with Crippen molar-refractivity contribution in [2.75, 3.05) is 5.32 Å². The maximum absolute atomic E-state index is 12.8. The van der Waals surface area contributed by atoms with E-state index in [9.17, 15) is 9.18 Å². The summed E-state index contributed by atoms with van der Waals surface area (Å²) < 4.78 is 18.4. The molecule has 3 nitrogen and oxygen atoms in total. The van der Waals surface area contributed by atoms with E-state index in [4.69, 9.17) is 4.74 Å². The van der Waals surface area contributed by atoms with Crippen molar-refractivity contribution in [3.8, 4) is 5.75 Å². The van der Waals surface area contributed by atoms with E-state index in [1.54, 1.807) is 12.1 Å². The highest BCUT2D eigenvalue weighted by molar-refractivity contribution is 5.94. The number of rotatable bonds is 5. The Morgan fingerprint density at radius 1 is 1.15 bits per heavy atom. The van der Waals surface area contributed by atoms with Gasteiger partial charge in [0.05, 0.1) is 0 Å². The number of carbonyl (C=O) groups is 1. The molecule has 0 fully saturated rings. The van der Waals surface area contributed by atoms with Crippen LogP contribution in [0.15, 0.2) is 54.6 Å². The van der Waals surface area contributed by atoms with Crippen LogP contribution in [0.25, 0.3) is 0 Å². The lowest BCUT2D eigenvalue weighted by Gasteiger charge is -2.17. The van der Waals surface area contributed by atoms with Gasteiger partial charge in [-0.25, -0.2) is 4.39 Å². The van der Waals surface area contributed by atoms with Crippen LogP contribution in [0.4, 0.5) is 10.1 Å². The van der Waals surface area contributed by atoms with Crippen molar-refractivity contribution in [2.24, 2.45) is 0 Å². The zero-order valence-electron chi connectivity index (χ0n) is 11.2. The summed E-state index contributed by atoms with van der Waals surface area (Å²) in [6, 6.07) is 14.8. The average Bonchev–Trinajstić information content (AvgIpc) is 2.48. The third kappa shape index (κ3) is 3.82. The molecule has 2 rings (SSSR count). The van der Waals surface area contributed by atoms with Gasteiger partial charge in [0.15, 0.2) is 6.10 Å². The molecule has 104 valence electrons. The molecule has 0 aromatic heterocycles. The lowest BCUT2D eigenvalue weighted by molar-refractivity contribution is -0.122. The molecule has 1 atom stereocenters. The molecule has 0 bridgehead atoms. The van der Waals surface area contributed by atoms with Crippen LogP contribution in [0, 0.1) is 5.82 Å². The number of hydrogen-bond acceptors (Lipinski definition) is 2. The van der Waals surface area contributed by atoms with Gasteiger partial charge in [-0.15, -0.1) is 0 Å². The van der Waals surface area contributed by atoms with Gasteiger partial charge in [-0.1, -0.05) is 25.1 Å². The summed E-state index contributed by atoms with van der Waals surface area (Å²) in [5, 5.41) is 2.71. The van der Waals surface area contributed by atoms with Gasteiger partial charge in [0.2, 0.25) is 0 Å². The molecule has 0 spiro atoms. The van der Waals surface area contributed by atoms with Crippen molar-refractivity contribution in [3.63, 3.8) is 0 Å². The van der Waals surface area contributed by atoms with Crippen molar-refractivity contribution < 1.29 is 13.9 Å². The SMILES string of the molecule is CC[C@H](Oc1ccccc1)C(=O)Nc1ccc(F)cc1. The maximum atomic E-state index is 12.8. The van der Waals surface area contributed by atoms with E-state index in [1.807, 2.05) is 25.1 Å². The lowest BCUT2D eigenvalue weighted by atomic mass is 10.2. The van der Waals surface area contributed by atoms with Crippen LogP contribution in [-0.2, 0) is 4.79 Å². The van der Waals surface area contributed by atoms with Crippen LogP contribution < -0.4 is 10.1 Å². The van der Waals surface area contributed by atoms with Gasteiger partial charge < -0.3 is 10.1 Å². The minimum Gasteiger partial charge on any atom is -0.481 e. The zero-order valence-corrected chi connectivity index (χ0v) is 11.2. The second kappa shape index (κ2) is 6.70. The highest BCUT2D eigenvalue weighted by Gasteiger charge is 2.18. The highest BCUT2D eigenvalue weighted by Crippen LogP contribution is 2.15. The quantitative estimate of drug-likeness (QED) is 0.903. The Labute approximate surface area is 117 Å². The molecular formula is C16H16FNO2. The molecule has 1 N–H and O–H groups in total. The maximum Gasteiger partial charge on any atom is 0.265 e. The van der Waals surface area contributed by atoms with Gasteiger partial charge in [0.25, 0.3) is 5.91 Å². The van der Waals surface area contributed by atoms with Gasteiger partial charge in [0, 0.05) is 5.69 Å². The predicted octanol–water partition coefficient (Wildman–Crippen LogP) is 3.62. The topological polar surface area (TPSA) is 38.3 Å². The van der Waals surface area contributed by atoms with Crippen LogP contribution in [0.2, 0.25) is 0 Å². The Bertz CT molecular complexity index is 554. The fourth-order valence-electron chi connectivity index (χ4n) is 1.74. The Kier molecular flexibility index (Phi) is 4.71. The average molecular weight is 273 g/mol. The number of halogens is 1. The molecule has 2 aromatic carbocycles. The minimum absolute atomic E-state index is 0.247. The Morgan fingerprint density at radius 2 is 1.80 bits per heavy atom. The molecule has 1 amide bonds. The smallest absolute Gasteiger partial charge is 0.265 e. The van der Waals surface area contributed by atoms with Gasteiger partial charge >= 0.3 is 0 Å².